The minimum absolute atomic E-state index is 0.00774. The van der Waals surface area contributed by atoms with Crippen LogP contribution in [-0.4, -0.2) is 55.3 Å². The zero-order valence-corrected chi connectivity index (χ0v) is 16.6. The molecule has 1 N–H and O–H groups in total. The molecule has 1 fully saturated rings. The van der Waals surface area contributed by atoms with Crippen LogP contribution in [0.3, 0.4) is 0 Å². The number of hydrogen-bond acceptors (Lipinski definition) is 4. The first-order chi connectivity index (χ1) is 12.6. The number of thioether (sulfide) groups is 1. The average Bonchev–Trinajstić information content (AvgIpc) is 2.65. The molecule has 0 saturated carbocycles. The van der Waals surface area contributed by atoms with Crippen molar-refractivity contribution in [3.63, 3.8) is 0 Å². The Kier molecular flexibility index (Phi) is 7.20. The van der Waals surface area contributed by atoms with Gasteiger partial charge in [0.05, 0.1) is 11.2 Å². The number of carbonyl (C=O) groups excluding carboxylic acids is 1. The van der Waals surface area contributed by atoms with Crippen molar-refractivity contribution >= 4 is 27.7 Å². The number of nitrogens with one attached hydrogen (secondary N) is 1. The SMILES string of the molecule is CCS(=O)(=O)N1CCC(C(=O)NCCSC(F)(F)F)(c2ccccc2)CC1. The molecule has 152 valence electrons. The summed E-state index contributed by atoms with van der Waals surface area (Å²) in [6.45, 7) is 1.87. The predicted octanol–water partition coefficient (Wildman–Crippen LogP) is 2.74. The molecule has 1 aromatic rings. The van der Waals surface area contributed by atoms with Gasteiger partial charge in [-0.25, -0.2) is 12.7 Å². The first-order valence-corrected chi connectivity index (χ1v) is 11.2. The van der Waals surface area contributed by atoms with Crippen molar-refractivity contribution in [2.24, 2.45) is 0 Å². The Bertz CT molecular complexity index is 732. The quantitative estimate of drug-likeness (QED) is 0.684. The molecule has 10 heteroatoms. The van der Waals surface area contributed by atoms with Crippen LogP contribution >= 0.6 is 11.8 Å². The number of carbonyl (C=O) groups is 1. The Morgan fingerprint density at radius 2 is 1.81 bits per heavy atom. The molecule has 27 heavy (non-hydrogen) atoms. The Balaban J connectivity index is 2.13. The molecule has 0 radical (unpaired) electrons. The third kappa shape index (κ3) is 5.61. The molecule has 1 amide bonds. The summed E-state index contributed by atoms with van der Waals surface area (Å²) in [6.07, 6.45) is 0.572. The van der Waals surface area contributed by atoms with Gasteiger partial charge in [0.25, 0.3) is 0 Å². The third-order valence-electron chi connectivity index (χ3n) is 4.75. The van der Waals surface area contributed by atoms with Crippen LogP contribution in [0.4, 0.5) is 13.2 Å². The van der Waals surface area contributed by atoms with E-state index < -0.39 is 20.9 Å². The number of amides is 1. The fraction of sp³-hybridized carbons (Fsp3) is 0.588. The van der Waals surface area contributed by atoms with E-state index in [1.807, 2.05) is 6.07 Å². The van der Waals surface area contributed by atoms with Gasteiger partial charge in [-0.2, -0.15) is 13.2 Å². The van der Waals surface area contributed by atoms with Gasteiger partial charge in [-0.3, -0.25) is 4.79 Å². The second-order valence-electron chi connectivity index (χ2n) is 6.30. The standard InChI is InChI=1S/C17H23F3N2O3S2/c1-2-27(24,25)22-11-8-16(9-12-22,14-6-4-3-5-7-14)15(23)21-10-13-26-17(18,19)20/h3-7H,2,8-13H2,1H3,(H,21,23). The Labute approximate surface area is 161 Å². The van der Waals surface area contributed by atoms with E-state index in [0.29, 0.717) is 0 Å². The normalized spacial score (nSPS) is 18.2. The molecular weight excluding hydrogens is 401 g/mol. The highest BCUT2D eigenvalue weighted by Gasteiger charge is 2.44. The van der Waals surface area contributed by atoms with Gasteiger partial charge >= 0.3 is 5.51 Å². The number of sulfonamides is 1. The Morgan fingerprint density at radius 3 is 2.33 bits per heavy atom. The summed E-state index contributed by atoms with van der Waals surface area (Å²) < 4.78 is 62.3. The fourth-order valence-electron chi connectivity index (χ4n) is 3.23. The summed E-state index contributed by atoms with van der Waals surface area (Å²) in [5, 5.41) is 2.60. The Hall–Kier alpha value is -1.26. The molecule has 0 atom stereocenters. The molecule has 1 aliphatic heterocycles. The average molecular weight is 425 g/mol. The van der Waals surface area contributed by atoms with Gasteiger partial charge in [-0.05, 0) is 37.1 Å². The molecule has 0 aromatic heterocycles. The van der Waals surface area contributed by atoms with Gasteiger partial charge in [0.1, 0.15) is 0 Å². The molecule has 0 unspecified atom stereocenters. The van der Waals surface area contributed by atoms with Crippen LogP contribution in [0.25, 0.3) is 0 Å². The first-order valence-electron chi connectivity index (χ1n) is 8.63. The summed E-state index contributed by atoms with van der Waals surface area (Å²) in [6, 6.07) is 8.99. The smallest absolute Gasteiger partial charge is 0.354 e. The summed E-state index contributed by atoms with van der Waals surface area (Å²) >= 11 is -0.179. The van der Waals surface area contributed by atoms with Gasteiger partial charge < -0.3 is 5.32 Å². The first kappa shape index (κ1) is 22.0. The zero-order valence-electron chi connectivity index (χ0n) is 15.0. The topological polar surface area (TPSA) is 66.5 Å². The molecule has 1 aliphatic rings. The number of halogens is 3. The summed E-state index contributed by atoms with van der Waals surface area (Å²) in [5.74, 6) is -0.632. The van der Waals surface area contributed by atoms with Gasteiger partial charge in [-0.15, -0.1) is 0 Å². The van der Waals surface area contributed by atoms with Crippen molar-refractivity contribution in [1.29, 1.82) is 0 Å². The number of nitrogens with zero attached hydrogens (tertiary/aromatic N) is 1. The maximum atomic E-state index is 12.9. The van der Waals surface area contributed by atoms with Crippen LogP contribution in [0.1, 0.15) is 25.3 Å². The van der Waals surface area contributed by atoms with Crippen molar-refractivity contribution < 1.29 is 26.4 Å². The zero-order chi connectivity index (χ0) is 20.1. The van der Waals surface area contributed by atoms with Crippen molar-refractivity contribution in [1.82, 2.24) is 9.62 Å². The highest BCUT2D eigenvalue weighted by molar-refractivity contribution is 8.00. The van der Waals surface area contributed by atoms with Crippen LogP contribution in [0.5, 0.6) is 0 Å². The molecule has 2 rings (SSSR count). The monoisotopic (exact) mass is 424 g/mol. The van der Waals surface area contributed by atoms with Crippen LogP contribution in [0, 0.1) is 0 Å². The minimum atomic E-state index is -4.33. The van der Waals surface area contributed by atoms with E-state index in [9.17, 15) is 26.4 Å². The lowest BCUT2D eigenvalue weighted by Gasteiger charge is -2.40. The van der Waals surface area contributed by atoms with E-state index in [1.165, 1.54) is 4.31 Å². The van der Waals surface area contributed by atoms with E-state index >= 15 is 0 Å². The third-order valence-corrected chi connectivity index (χ3v) is 7.37. The minimum Gasteiger partial charge on any atom is -0.354 e. The van der Waals surface area contributed by atoms with Crippen molar-refractivity contribution in [2.45, 2.75) is 30.7 Å². The maximum absolute atomic E-state index is 12.9. The molecule has 0 bridgehead atoms. The summed E-state index contributed by atoms with van der Waals surface area (Å²) in [7, 11) is -3.34. The van der Waals surface area contributed by atoms with Crippen LogP contribution in [0.2, 0.25) is 0 Å². The number of benzene rings is 1. The van der Waals surface area contributed by atoms with E-state index in [2.05, 4.69) is 5.32 Å². The fourth-order valence-corrected chi connectivity index (χ4v) is 4.77. The van der Waals surface area contributed by atoms with Gasteiger partial charge in [0, 0.05) is 25.4 Å². The van der Waals surface area contributed by atoms with Gasteiger partial charge in [0.2, 0.25) is 15.9 Å². The predicted molar refractivity (Wildman–Crippen MR) is 99.9 cm³/mol. The molecule has 0 aliphatic carbocycles. The molecule has 5 nitrogen and oxygen atoms in total. The highest BCUT2D eigenvalue weighted by atomic mass is 32.2. The lowest BCUT2D eigenvalue weighted by Crippen LogP contribution is -2.53. The lowest BCUT2D eigenvalue weighted by atomic mass is 9.72. The van der Waals surface area contributed by atoms with Crippen molar-refractivity contribution in [3.8, 4) is 0 Å². The molecular formula is C17H23F3N2O3S2. The van der Waals surface area contributed by atoms with Gasteiger partial charge in [0.15, 0.2) is 0 Å². The van der Waals surface area contributed by atoms with E-state index in [0.717, 1.165) is 5.56 Å². The largest absolute Gasteiger partial charge is 0.441 e. The van der Waals surface area contributed by atoms with Crippen molar-refractivity contribution in [3.05, 3.63) is 35.9 Å². The van der Waals surface area contributed by atoms with Gasteiger partial charge in [-0.1, -0.05) is 30.3 Å². The van der Waals surface area contributed by atoms with E-state index in [-0.39, 0.29) is 61.7 Å². The summed E-state index contributed by atoms with van der Waals surface area (Å²) in [5.41, 5.74) is -4.52. The number of piperidine rings is 1. The maximum Gasteiger partial charge on any atom is 0.441 e. The number of alkyl halides is 3. The molecule has 1 aromatic carbocycles. The molecule has 1 heterocycles. The van der Waals surface area contributed by atoms with E-state index in [1.54, 1.807) is 31.2 Å². The summed E-state index contributed by atoms with van der Waals surface area (Å²) in [4.78, 5) is 12.9. The second kappa shape index (κ2) is 8.83. The van der Waals surface area contributed by atoms with Crippen LogP contribution < -0.4 is 5.32 Å². The molecule has 0 spiro atoms. The second-order valence-corrected chi connectivity index (χ2v) is 9.72. The molecule has 1 saturated heterocycles. The number of rotatable bonds is 7. The lowest BCUT2D eigenvalue weighted by molar-refractivity contribution is -0.128. The van der Waals surface area contributed by atoms with E-state index in [4.69, 9.17) is 0 Å². The van der Waals surface area contributed by atoms with Crippen LogP contribution in [0.15, 0.2) is 30.3 Å². The van der Waals surface area contributed by atoms with Crippen LogP contribution in [-0.2, 0) is 20.2 Å². The number of hydrogen-bond donors (Lipinski definition) is 1. The Morgan fingerprint density at radius 1 is 1.22 bits per heavy atom. The highest BCUT2D eigenvalue weighted by Crippen LogP contribution is 2.37. The van der Waals surface area contributed by atoms with Crippen molar-refractivity contribution in [2.75, 3.05) is 31.1 Å².